The van der Waals surface area contributed by atoms with E-state index in [-0.39, 0.29) is 10.8 Å². The van der Waals surface area contributed by atoms with Gasteiger partial charge in [-0.15, -0.1) is 0 Å². The Kier molecular flexibility index (Phi) is 9.55. The van der Waals surface area contributed by atoms with E-state index in [1.54, 1.807) is 0 Å². The molecule has 0 saturated carbocycles. The van der Waals surface area contributed by atoms with Crippen LogP contribution in [0.15, 0.2) is 218 Å². The van der Waals surface area contributed by atoms with Crippen LogP contribution in [0.25, 0.3) is 49.7 Å². The highest BCUT2D eigenvalue weighted by atomic mass is 15.1. The number of hydrogen-bond donors (Lipinski definition) is 0. The lowest BCUT2D eigenvalue weighted by atomic mass is 9.67. The van der Waals surface area contributed by atoms with Crippen molar-refractivity contribution in [1.82, 2.24) is 4.57 Å². The van der Waals surface area contributed by atoms with Crippen LogP contribution in [0.1, 0.15) is 74.9 Å². The summed E-state index contributed by atoms with van der Waals surface area (Å²) in [6.07, 6.45) is 0. The van der Waals surface area contributed by atoms with Crippen molar-refractivity contribution in [2.24, 2.45) is 0 Å². The van der Waals surface area contributed by atoms with Gasteiger partial charge in [0.1, 0.15) is 0 Å². The third kappa shape index (κ3) is 6.70. The number of anilines is 3. The number of nitrogens with zero attached hydrogens (tertiary/aromatic N) is 2. The van der Waals surface area contributed by atoms with Crippen molar-refractivity contribution in [2.75, 3.05) is 4.90 Å². The molecule has 1 heterocycles. The second-order valence-electron chi connectivity index (χ2n) is 19.8. The van der Waals surface area contributed by atoms with Crippen LogP contribution < -0.4 is 4.90 Å². The molecule has 0 bridgehead atoms. The molecule has 2 heteroatoms. The fraction of sp³-hybridized carbons (Fsp3) is 0.143. The van der Waals surface area contributed by atoms with Gasteiger partial charge in [0.25, 0.3) is 0 Å². The summed E-state index contributed by atoms with van der Waals surface area (Å²) < 4.78 is 2.48. The monoisotopic (exact) mass is 838 g/mol. The predicted molar refractivity (Wildman–Crippen MR) is 276 cm³/mol. The van der Waals surface area contributed by atoms with Gasteiger partial charge in [-0.3, -0.25) is 0 Å². The van der Waals surface area contributed by atoms with E-state index in [4.69, 9.17) is 0 Å². The van der Waals surface area contributed by atoms with Crippen molar-refractivity contribution >= 4 is 38.9 Å². The quantitative estimate of drug-likeness (QED) is 0.155. The van der Waals surface area contributed by atoms with E-state index in [1.807, 2.05) is 0 Å². The summed E-state index contributed by atoms with van der Waals surface area (Å²) in [7, 11) is 0. The summed E-state index contributed by atoms with van der Waals surface area (Å²) in [5.74, 6) is 0. The molecule has 11 rings (SSSR count). The van der Waals surface area contributed by atoms with Crippen molar-refractivity contribution < 1.29 is 0 Å². The second-order valence-corrected chi connectivity index (χ2v) is 19.8. The molecule has 10 aromatic rings. The van der Waals surface area contributed by atoms with Crippen LogP contribution in [-0.4, -0.2) is 4.57 Å². The zero-order valence-electron chi connectivity index (χ0n) is 38.2. The molecule has 0 saturated heterocycles. The zero-order valence-corrected chi connectivity index (χ0v) is 38.2. The first-order valence-corrected chi connectivity index (χ1v) is 23.0. The van der Waals surface area contributed by atoms with Gasteiger partial charge in [-0.1, -0.05) is 199 Å². The van der Waals surface area contributed by atoms with E-state index < -0.39 is 5.41 Å². The molecule has 1 aromatic heterocycles. The number of fused-ring (bicyclic) bond motifs is 6. The second kappa shape index (κ2) is 15.4. The fourth-order valence-corrected chi connectivity index (χ4v) is 10.5. The molecule has 0 fully saturated rings. The van der Waals surface area contributed by atoms with Gasteiger partial charge in [-0.2, -0.15) is 0 Å². The Labute approximate surface area is 384 Å². The summed E-state index contributed by atoms with van der Waals surface area (Å²) in [6, 6.07) is 81.4. The van der Waals surface area contributed by atoms with E-state index in [9.17, 15) is 0 Å². The van der Waals surface area contributed by atoms with E-state index in [1.165, 1.54) is 77.4 Å². The Morgan fingerprint density at radius 1 is 0.369 bits per heavy atom. The molecule has 0 N–H and O–H groups in total. The summed E-state index contributed by atoms with van der Waals surface area (Å²) in [5, 5.41) is 2.49. The highest BCUT2D eigenvalue weighted by Crippen LogP contribution is 2.56. The molecule has 0 atom stereocenters. The highest BCUT2D eigenvalue weighted by Gasteiger charge is 2.46. The van der Waals surface area contributed by atoms with Gasteiger partial charge in [0.2, 0.25) is 0 Å². The summed E-state index contributed by atoms with van der Waals surface area (Å²) >= 11 is 0. The minimum absolute atomic E-state index is 0.0769. The van der Waals surface area contributed by atoms with Crippen molar-refractivity contribution in [1.29, 1.82) is 0 Å². The molecule has 316 valence electrons. The molecule has 0 aliphatic heterocycles. The topological polar surface area (TPSA) is 8.17 Å². The summed E-state index contributed by atoms with van der Waals surface area (Å²) in [4.78, 5) is 2.38. The van der Waals surface area contributed by atoms with Crippen LogP contribution in [0.5, 0.6) is 0 Å². The Balaban J connectivity index is 1.04. The lowest BCUT2D eigenvalue weighted by molar-refractivity contribution is 0.590. The molecular formula is C63H54N2. The molecule has 1 aliphatic rings. The Morgan fingerprint density at radius 3 is 1.43 bits per heavy atom. The largest absolute Gasteiger partial charge is 0.311 e. The number of para-hydroxylation sites is 1. The first-order valence-electron chi connectivity index (χ1n) is 23.0. The van der Waals surface area contributed by atoms with Gasteiger partial charge in [0.15, 0.2) is 0 Å². The number of benzene rings is 9. The maximum absolute atomic E-state index is 2.48. The smallest absolute Gasteiger partial charge is 0.0714 e. The Bertz CT molecular complexity index is 3250. The predicted octanol–water partition coefficient (Wildman–Crippen LogP) is 16.9. The third-order valence-corrected chi connectivity index (χ3v) is 13.8. The van der Waals surface area contributed by atoms with Crippen LogP contribution in [0.3, 0.4) is 0 Å². The molecule has 1 aliphatic carbocycles. The van der Waals surface area contributed by atoms with E-state index in [2.05, 4.69) is 269 Å². The van der Waals surface area contributed by atoms with Crippen LogP contribution in [0.4, 0.5) is 17.1 Å². The fourth-order valence-electron chi connectivity index (χ4n) is 10.5. The Morgan fingerprint density at radius 2 is 0.846 bits per heavy atom. The highest BCUT2D eigenvalue weighted by molar-refractivity contribution is 6.10. The molecule has 2 nitrogen and oxygen atoms in total. The minimum Gasteiger partial charge on any atom is -0.311 e. The molecule has 9 aromatic carbocycles. The average molecular weight is 839 g/mol. The zero-order chi connectivity index (χ0) is 44.5. The molecule has 0 unspecified atom stereocenters. The maximum Gasteiger partial charge on any atom is 0.0714 e. The lowest BCUT2D eigenvalue weighted by Gasteiger charge is -2.34. The number of aromatic nitrogens is 1. The number of rotatable bonds is 7. The van der Waals surface area contributed by atoms with E-state index in [0.717, 1.165) is 22.7 Å². The lowest BCUT2D eigenvalue weighted by Crippen LogP contribution is -2.28. The first-order chi connectivity index (χ1) is 31.5. The van der Waals surface area contributed by atoms with Crippen molar-refractivity contribution in [2.45, 2.75) is 57.8 Å². The van der Waals surface area contributed by atoms with Gasteiger partial charge in [-0.05, 0) is 127 Å². The molecule has 0 amide bonds. The van der Waals surface area contributed by atoms with Crippen molar-refractivity contribution in [3.05, 3.63) is 252 Å². The Hall–Kier alpha value is -7.42. The SMILES string of the molecule is CC(C)(C)c1ccc(N(c2ccc(-c3ccc4c5ccccc5n(-c5ccc6c(c5)C(c5ccccc5)(c5ccccc5)c5ccccc5-6)c4c3)cc2)c2ccc(C(C)(C)C)cc2)cc1. The first kappa shape index (κ1) is 40.4. The standard InChI is InChI=1S/C63H54N2/c1-61(2,3)45-28-34-50(35-29-45)64(51-36-30-46(31-37-51)62(4,5)6)49-32-25-43(26-33-49)44-27-39-56-55-22-14-16-24-59(55)65(60(56)41-44)52-38-40-54-53-21-13-15-23-57(53)63(58(54)42-52,47-17-9-7-10-18-47)48-19-11-8-12-20-48/h7-42H,1-6H3. The van der Waals surface area contributed by atoms with E-state index >= 15 is 0 Å². The molecule has 65 heavy (non-hydrogen) atoms. The van der Waals surface area contributed by atoms with Crippen LogP contribution in [0.2, 0.25) is 0 Å². The van der Waals surface area contributed by atoms with Crippen LogP contribution in [-0.2, 0) is 16.2 Å². The maximum atomic E-state index is 2.48. The van der Waals surface area contributed by atoms with Gasteiger partial charge in [-0.25, -0.2) is 0 Å². The molecular weight excluding hydrogens is 785 g/mol. The number of hydrogen-bond acceptors (Lipinski definition) is 1. The summed E-state index contributed by atoms with van der Waals surface area (Å²) in [5.41, 5.74) is 19.3. The van der Waals surface area contributed by atoms with E-state index in [0.29, 0.717) is 0 Å². The molecule has 0 radical (unpaired) electrons. The molecule has 0 spiro atoms. The van der Waals surface area contributed by atoms with Crippen LogP contribution in [0, 0.1) is 0 Å². The summed E-state index contributed by atoms with van der Waals surface area (Å²) in [6.45, 7) is 13.6. The van der Waals surface area contributed by atoms with Crippen molar-refractivity contribution in [3.63, 3.8) is 0 Å². The minimum atomic E-state index is -0.479. The average Bonchev–Trinajstić information content (AvgIpc) is 3.82. The third-order valence-electron chi connectivity index (χ3n) is 13.8. The van der Waals surface area contributed by atoms with Crippen LogP contribution >= 0.6 is 0 Å². The van der Waals surface area contributed by atoms with Gasteiger partial charge < -0.3 is 9.47 Å². The normalized spacial score (nSPS) is 13.2. The van der Waals surface area contributed by atoms with Gasteiger partial charge >= 0.3 is 0 Å². The van der Waals surface area contributed by atoms with Crippen molar-refractivity contribution in [3.8, 4) is 27.9 Å². The van der Waals surface area contributed by atoms with Gasteiger partial charge in [0.05, 0.1) is 16.4 Å². The van der Waals surface area contributed by atoms with Gasteiger partial charge in [0, 0.05) is 33.5 Å².